The fraction of sp³-hybridized carbons (Fsp3) is 0.306. The van der Waals surface area contributed by atoms with E-state index in [1.54, 1.807) is 19.1 Å². The first-order chi connectivity index (χ1) is 53.9. The summed E-state index contributed by atoms with van der Waals surface area (Å²) in [4.78, 5) is 108. The van der Waals surface area contributed by atoms with Crippen LogP contribution in [0.4, 0.5) is 5.82 Å². The van der Waals surface area contributed by atoms with Gasteiger partial charge in [0, 0.05) is 55.0 Å². The fourth-order valence-corrected chi connectivity index (χ4v) is 13.9. The molecule has 10 heterocycles. The maximum Gasteiger partial charge on any atom is 0.344 e. The van der Waals surface area contributed by atoms with Crippen LogP contribution in [0.2, 0.25) is 0 Å². The molecule has 0 atom stereocenters. The molecule has 10 aromatic heterocycles. The van der Waals surface area contributed by atoms with E-state index in [0.717, 1.165) is 141 Å². The van der Waals surface area contributed by atoms with Gasteiger partial charge in [0.1, 0.15) is 61.2 Å². The summed E-state index contributed by atoms with van der Waals surface area (Å²) >= 11 is 0. The number of methoxy groups -OCH3 is 4. The number of ether oxygens (including phenoxy) is 5. The average molecular weight is 1500 g/mol. The molecule has 1 saturated carbocycles. The summed E-state index contributed by atoms with van der Waals surface area (Å²) in [5.74, 6) is -1.53. The summed E-state index contributed by atoms with van der Waals surface area (Å²) in [6.45, 7) is 24.4. The highest BCUT2D eigenvalue weighted by Crippen LogP contribution is 2.42. The van der Waals surface area contributed by atoms with Crippen LogP contribution in [0.3, 0.4) is 0 Å². The normalized spacial score (nSPS) is 11.8. The minimum atomic E-state index is -0.436. The molecule has 570 valence electrons. The fourth-order valence-electron chi connectivity index (χ4n) is 13.9. The number of anilines is 1. The van der Waals surface area contributed by atoms with Gasteiger partial charge in [0.25, 0.3) is 0 Å². The van der Waals surface area contributed by atoms with Gasteiger partial charge in [0.2, 0.25) is 0 Å². The minimum absolute atomic E-state index is 0.301. The van der Waals surface area contributed by atoms with E-state index in [1.165, 1.54) is 47.7 Å². The van der Waals surface area contributed by atoms with Crippen molar-refractivity contribution in [2.45, 2.75) is 138 Å². The van der Waals surface area contributed by atoms with Crippen LogP contribution in [0.1, 0.15) is 159 Å². The lowest BCUT2D eigenvalue weighted by molar-refractivity contribution is 0.0526. The zero-order valence-electron chi connectivity index (χ0n) is 64.5. The zero-order chi connectivity index (χ0) is 78.7. The third kappa shape index (κ3) is 15.6. The molecule has 16 rings (SSSR count). The van der Waals surface area contributed by atoms with Crippen LogP contribution in [-0.2, 0) is 49.9 Å². The third-order valence-electron chi connectivity index (χ3n) is 19.6. The van der Waals surface area contributed by atoms with Gasteiger partial charge in [-0.05, 0) is 121 Å². The van der Waals surface area contributed by atoms with Crippen LogP contribution in [-0.4, -0.2) is 138 Å². The summed E-state index contributed by atoms with van der Waals surface area (Å²) in [7, 11) is 5.54. The molecule has 5 aromatic carbocycles. The standard InChI is InChI=1S/C19H23N3O2.C18H21N3O2.C16H16N4O2.2C16H15N3O2/c1-4-5-6-9-12-22-13(2)16(19(23)24-3)17-18(22)21-15-11-8-7-10-14(15)20-17;1-4-5-8-11-21-12(2)15(18(22)23-3)16-17(21)20-14-10-7-6-9-13(14)19-16;1-2-22-16(21)12-13-15(20(14(12)17)9-7-8-9)19-11-6-4-3-5-10(11)18-13;2*1-4-9-19-10(2)13(16(20)21-3)14-15(19)18-12-8-6-5-7-11(12)17-14/h7-8,10-11H,4-6,9,12H2,1-3H3;6-7,9-10H,4-5,8,11H2,1-3H3;3-6,9H,2,7-8,17H2,1H3;2*4-8H,1,9H2,2-3H3. The van der Waals surface area contributed by atoms with Gasteiger partial charge >= 0.3 is 29.8 Å². The number of rotatable bonds is 20. The minimum Gasteiger partial charge on any atom is -0.465 e. The van der Waals surface area contributed by atoms with Crippen LogP contribution in [0, 0.1) is 27.7 Å². The number of unbranched alkanes of at least 4 members (excludes halogenated alkanes) is 5. The number of allylic oxidation sites excluding steroid dienone is 2. The van der Waals surface area contributed by atoms with Gasteiger partial charge in [0.15, 0.2) is 28.2 Å². The number of fused-ring (bicyclic) bond motifs is 10. The van der Waals surface area contributed by atoms with E-state index in [2.05, 4.69) is 76.0 Å². The smallest absolute Gasteiger partial charge is 0.344 e. The summed E-state index contributed by atoms with van der Waals surface area (Å²) in [6, 6.07) is 38.6. The molecule has 26 heteroatoms. The number of nitrogen functional groups attached to an aromatic ring is 1. The Morgan fingerprint density at radius 1 is 0.378 bits per heavy atom. The van der Waals surface area contributed by atoms with Gasteiger partial charge in [-0.2, -0.15) is 0 Å². The quantitative estimate of drug-likeness (QED) is 0.0321. The first kappa shape index (κ1) is 77.7. The lowest BCUT2D eigenvalue weighted by atomic mass is 10.2. The first-order valence-corrected chi connectivity index (χ1v) is 37.2. The molecular formula is C85H90N16O10. The van der Waals surface area contributed by atoms with E-state index in [9.17, 15) is 24.0 Å². The molecule has 0 aliphatic heterocycles. The van der Waals surface area contributed by atoms with Gasteiger partial charge in [0.05, 0.1) is 90.2 Å². The van der Waals surface area contributed by atoms with E-state index >= 15 is 0 Å². The number of nitrogens with zero attached hydrogens (tertiary/aromatic N) is 15. The molecule has 26 nitrogen and oxygen atoms in total. The number of esters is 5. The van der Waals surface area contributed by atoms with Crippen LogP contribution >= 0.6 is 0 Å². The SMILES string of the molecule is C=CCn1c(C)c(C(=O)OC)c2nc3ccccc3nc21.C=CCn1c(C)c(C(=O)OC)c2nc3ccccc3nc21.CCCCCCn1c(C)c(C(=O)OC)c2nc3ccccc3nc21.CCCCCn1c(C)c(C(=O)OC)c2nc3ccccc3nc21.CCOC(=O)c1c(N)n(C2CC2)c2nc3ccccc3nc12. The number of carbonyl (C=O) groups is 5. The van der Waals surface area contributed by atoms with Crippen LogP contribution in [0.5, 0.6) is 0 Å². The number of para-hydroxylation sites is 10. The lowest BCUT2D eigenvalue weighted by Gasteiger charge is -2.07. The van der Waals surface area contributed by atoms with E-state index in [-0.39, 0.29) is 11.9 Å². The van der Waals surface area contributed by atoms with Gasteiger partial charge in [-0.3, -0.25) is 0 Å². The Bertz CT molecular complexity index is 5940. The first-order valence-electron chi connectivity index (χ1n) is 37.2. The van der Waals surface area contributed by atoms with E-state index in [0.29, 0.717) is 104 Å². The maximum atomic E-state index is 12.3. The molecule has 0 amide bonds. The van der Waals surface area contributed by atoms with Gasteiger partial charge in [-0.1, -0.05) is 119 Å². The molecular weight excluding hydrogens is 1410 g/mol. The highest BCUT2D eigenvalue weighted by molar-refractivity contribution is 6.10. The predicted octanol–water partition coefficient (Wildman–Crippen LogP) is 16.5. The highest BCUT2D eigenvalue weighted by Gasteiger charge is 2.34. The van der Waals surface area contributed by atoms with Gasteiger partial charge in [-0.25, -0.2) is 73.8 Å². The van der Waals surface area contributed by atoms with Crippen LogP contribution in [0.25, 0.3) is 111 Å². The average Bonchev–Trinajstić information content (AvgIpc) is 1.59. The summed E-state index contributed by atoms with van der Waals surface area (Å²) in [5.41, 5.74) is 26.2. The molecule has 1 aliphatic rings. The summed E-state index contributed by atoms with van der Waals surface area (Å²) in [6.07, 6.45) is 13.6. The predicted molar refractivity (Wildman–Crippen MR) is 432 cm³/mol. The van der Waals surface area contributed by atoms with E-state index in [4.69, 9.17) is 39.4 Å². The second-order valence-electron chi connectivity index (χ2n) is 26.7. The Morgan fingerprint density at radius 3 is 0.919 bits per heavy atom. The summed E-state index contributed by atoms with van der Waals surface area (Å²) in [5, 5.41) is 0. The van der Waals surface area contributed by atoms with E-state index < -0.39 is 17.9 Å². The molecule has 111 heavy (non-hydrogen) atoms. The van der Waals surface area contributed by atoms with Crippen molar-refractivity contribution in [1.82, 2.24) is 72.7 Å². The van der Waals surface area contributed by atoms with Crippen molar-refractivity contribution < 1.29 is 47.7 Å². The molecule has 2 N–H and O–H groups in total. The Balaban J connectivity index is 0.000000129. The Kier molecular flexibility index (Phi) is 24.2. The zero-order valence-corrected chi connectivity index (χ0v) is 64.5. The molecule has 1 fully saturated rings. The van der Waals surface area contributed by atoms with Crippen molar-refractivity contribution in [3.63, 3.8) is 0 Å². The number of aryl methyl sites for hydroxylation is 2. The Hall–Kier alpha value is -12.9. The number of carbonyl (C=O) groups excluding carboxylic acids is 5. The Morgan fingerprint density at radius 2 is 0.640 bits per heavy atom. The number of aromatic nitrogens is 15. The second-order valence-corrected chi connectivity index (χ2v) is 26.7. The van der Waals surface area contributed by atoms with E-state index in [1.807, 2.05) is 163 Å². The molecule has 0 bridgehead atoms. The second kappa shape index (κ2) is 34.6. The van der Waals surface area contributed by atoms with Gasteiger partial charge < -0.3 is 52.3 Å². The third-order valence-corrected chi connectivity index (χ3v) is 19.6. The van der Waals surface area contributed by atoms with Crippen molar-refractivity contribution >= 4 is 147 Å². The molecule has 0 radical (unpaired) electrons. The van der Waals surface area contributed by atoms with Crippen molar-refractivity contribution in [2.24, 2.45) is 0 Å². The summed E-state index contributed by atoms with van der Waals surface area (Å²) < 4.78 is 34.8. The molecule has 1 aliphatic carbocycles. The number of hydrogen-bond donors (Lipinski definition) is 1. The molecule has 0 saturated heterocycles. The highest BCUT2D eigenvalue weighted by atomic mass is 16.5. The lowest BCUT2D eigenvalue weighted by Crippen LogP contribution is -2.09. The Labute approximate surface area is 640 Å². The number of nitrogens with two attached hydrogens (primary N) is 1. The van der Waals surface area contributed by atoms with Gasteiger partial charge in [-0.15, -0.1) is 13.2 Å². The monoisotopic (exact) mass is 1490 g/mol. The van der Waals surface area contributed by atoms with Crippen molar-refractivity contribution in [1.29, 1.82) is 0 Å². The number of hydrogen-bond acceptors (Lipinski definition) is 21. The van der Waals surface area contributed by atoms with Crippen molar-refractivity contribution in [3.8, 4) is 0 Å². The molecule has 0 spiro atoms. The van der Waals surface area contributed by atoms with Crippen LogP contribution < -0.4 is 5.73 Å². The van der Waals surface area contributed by atoms with Crippen LogP contribution in [0.15, 0.2) is 147 Å². The molecule has 15 aromatic rings. The maximum absolute atomic E-state index is 12.3. The molecule has 0 unspecified atom stereocenters. The van der Waals surface area contributed by atoms with Crippen molar-refractivity contribution in [2.75, 3.05) is 40.8 Å². The largest absolute Gasteiger partial charge is 0.465 e. The topological polar surface area (TPSA) is 311 Å². The number of benzene rings is 5. The van der Waals surface area contributed by atoms with Crippen molar-refractivity contribution in [3.05, 3.63) is 197 Å².